The second-order valence-electron chi connectivity index (χ2n) is 5.29. The zero-order chi connectivity index (χ0) is 13.2. The summed E-state index contributed by atoms with van der Waals surface area (Å²) in [4.78, 5) is 1.26. The molecule has 2 aromatic rings. The molecule has 0 aliphatic heterocycles. The quantitative estimate of drug-likeness (QED) is 0.901. The van der Waals surface area contributed by atoms with Crippen LogP contribution in [-0.4, -0.2) is 9.91 Å². The molecular formula is C14H17BrN2S. The molecule has 1 heterocycles. The van der Waals surface area contributed by atoms with Crippen LogP contribution in [0, 0.1) is 0 Å². The molecule has 0 spiro atoms. The first-order valence-corrected chi connectivity index (χ1v) is 7.47. The fourth-order valence-corrected chi connectivity index (χ4v) is 2.61. The minimum absolute atomic E-state index is 0.139. The van der Waals surface area contributed by atoms with Crippen LogP contribution >= 0.6 is 27.5 Å². The van der Waals surface area contributed by atoms with Gasteiger partial charge in [0.1, 0.15) is 0 Å². The van der Waals surface area contributed by atoms with Crippen molar-refractivity contribution in [3.05, 3.63) is 39.7 Å². The molecule has 0 saturated heterocycles. The van der Waals surface area contributed by atoms with E-state index < -0.39 is 0 Å². The highest BCUT2D eigenvalue weighted by Gasteiger charge is 2.10. The summed E-state index contributed by atoms with van der Waals surface area (Å²) in [6.07, 6.45) is 0. The van der Waals surface area contributed by atoms with Gasteiger partial charge in [-0.1, -0.05) is 28.1 Å². The molecule has 0 bridgehead atoms. The molecule has 0 radical (unpaired) electrons. The molecule has 0 aliphatic carbocycles. The summed E-state index contributed by atoms with van der Waals surface area (Å²) in [5, 5.41) is 3.48. The molecule has 0 fully saturated rings. The average molecular weight is 325 g/mol. The summed E-state index contributed by atoms with van der Waals surface area (Å²) in [5.41, 5.74) is 2.34. The molecule has 0 aliphatic rings. The number of rotatable bonds is 3. The monoisotopic (exact) mass is 324 g/mol. The van der Waals surface area contributed by atoms with Crippen LogP contribution in [0.5, 0.6) is 0 Å². The lowest BCUT2D eigenvalue weighted by molar-refractivity contribution is 0.426. The van der Waals surface area contributed by atoms with Crippen LogP contribution < -0.4 is 5.32 Å². The van der Waals surface area contributed by atoms with Crippen molar-refractivity contribution in [1.82, 2.24) is 9.69 Å². The Morgan fingerprint density at radius 3 is 2.72 bits per heavy atom. The Hall–Kier alpha value is -0.710. The van der Waals surface area contributed by atoms with E-state index in [0.29, 0.717) is 0 Å². The van der Waals surface area contributed by atoms with E-state index in [1.54, 1.807) is 11.5 Å². The molecule has 4 heteroatoms. The molecule has 2 nitrogen and oxygen atoms in total. The van der Waals surface area contributed by atoms with E-state index in [-0.39, 0.29) is 5.54 Å². The van der Waals surface area contributed by atoms with E-state index in [1.165, 1.54) is 4.88 Å². The number of nitrogens with zero attached hydrogens (tertiary/aromatic N) is 1. The summed E-state index contributed by atoms with van der Waals surface area (Å²) in [6.45, 7) is 7.38. The normalized spacial score (nSPS) is 11.8. The van der Waals surface area contributed by atoms with E-state index in [1.807, 2.05) is 12.1 Å². The van der Waals surface area contributed by atoms with Crippen molar-refractivity contribution in [2.45, 2.75) is 32.9 Å². The maximum Gasteiger partial charge on any atom is 0.0844 e. The Morgan fingerprint density at radius 2 is 2.06 bits per heavy atom. The minimum atomic E-state index is 0.139. The largest absolute Gasteiger partial charge is 0.307 e. The van der Waals surface area contributed by atoms with Crippen molar-refractivity contribution in [2.24, 2.45) is 0 Å². The molecule has 0 atom stereocenters. The third-order valence-electron chi connectivity index (χ3n) is 2.47. The van der Waals surface area contributed by atoms with E-state index >= 15 is 0 Å². The summed E-state index contributed by atoms with van der Waals surface area (Å²) >= 11 is 5.05. The van der Waals surface area contributed by atoms with Crippen LogP contribution in [0.3, 0.4) is 0 Å². The highest BCUT2D eigenvalue weighted by molar-refractivity contribution is 9.10. The zero-order valence-electron chi connectivity index (χ0n) is 10.8. The van der Waals surface area contributed by atoms with Gasteiger partial charge in [0, 0.05) is 27.0 Å². The highest BCUT2D eigenvalue weighted by Crippen LogP contribution is 2.24. The lowest BCUT2D eigenvalue weighted by Crippen LogP contribution is -2.34. The summed E-state index contributed by atoms with van der Waals surface area (Å²) in [6, 6.07) is 10.4. The standard InChI is InChI=1S/C14H17BrN2S/c1-14(2,3)16-9-12-8-13(17-18-12)10-5-4-6-11(15)7-10/h4-8,16H,9H2,1-3H3. The number of hydrogen-bond acceptors (Lipinski definition) is 3. The predicted molar refractivity (Wildman–Crippen MR) is 81.8 cm³/mol. The molecule has 1 aromatic heterocycles. The lowest BCUT2D eigenvalue weighted by Gasteiger charge is -2.19. The molecule has 0 unspecified atom stereocenters. The Balaban J connectivity index is 2.11. The maximum atomic E-state index is 4.51. The van der Waals surface area contributed by atoms with Crippen molar-refractivity contribution in [1.29, 1.82) is 0 Å². The Labute approximate surface area is 121 Å². The van der Waals surface area contributed by atoms with Crippen molar-refractivity contribution >= 4 is 27.5 Å². The molecule has 1 N–H and O–H groups in total. The van der Waals surface area contributed by atoms with Gasteiger partial charge in [0.25, 0.3) is 0 Å². The number of halogens is 1. The zero-order valence-corrected chi connectivity index (χ0v) is 13.2. The molecule has 2 rings (SSSR count). The maximum absolute atomic E-state index is 4.51. The first kappa shape index (κ1) is 13.7. The Morgan fingerprint density at radius 1 is 1.28 bits per heavy atom. The second-order valence-corrected chi connectivity index (χ2v) is 7.10. The molecular weight excluding hydrogens is 308 g/mol. The van der Waals surface area contributed by atoms with Gasteiger partial charge in [0.05, 0.1) is 5.69 Å². The first-order chi connectivity index (χ1) is 8.44. The van der Waals surface area contributed by atoms with Crippen LogP contribution in [0.4, 0.5) is 0 Å². The molecule has 0 saturated carbocycles. The fraction of sp³-hybridized carbons (Fsp3) is 0.357. The van der Waals surface area contributed by atoms with Gasteiger partial charge in [-0.05, 0) is 50.5 Å². The molecule has 0 amide bonds. The third-order valence-corrected chi connectivity index (χ3v) is 3.75. The number of aromatic nitrogens is 1. The average Bonchev–Trinajstić information content (AvgIpc) is 2.74. The van der Waals surface area contributed by atoms with Gasteiger partial charge in [-0.2, -0.15) is 4.37 Å². The van der Waals surface area contributed by atoms with Crippen molar-refractivity contribution in [2.75, 3.05) is 0 Å². The van der Waals surface area contributed by atoms with Crippen LogP contribution in [0.2, 0.25) is 0 Å². The number of benzene rings is 1. The number of hydrogen-bond donors (Lipinski definition) is 1. The molecule has 18 heavy (non-hydrogen) atoms. The minimum Gasteiger partial charge on any atom is -0.307 e. The fourth-order valence-electron chi connectivity index (χ4n) is 1.53. The lowest BCUT2D eigenvalue weighted by atomic mass is 10.1. The van der Waals surface area contributed by atoms with E-state index in [9.17, 15) is 0 Å². The first-order valence-electron chi connectivity index (χ1n) is 5.91. The van der Waals surface area contributed by atoms with Crippen LogP contribution in [0.1, 0.15) is 25.6 Å². The van der Waals surface area contributed by atoms with Crippen molar-refractivity contribution in [3.8, 4) is 11.3 Å². The summed E-state index contributed by atoms with van der Waals surface area (Å²) in [5.74, 6) is 0. The molecule has 96 valence electrons. The Kier molecular flexibility index (Phi) is 4.20. The smallest absolute Gasteiger partial charge is 0.0844 e. The van der Waals surface area contributed by atoms with Crippen molar-refractivity contribution in [3.63, 3.8) is 0 Å². The molecule has 1 aromatic carbocycles. The van der Waals surface area contributed by atoms with Crippen LogP contribution in [0.25, 0.3) is 11.3 Å². The van der Waals surface area contributed by atoms with Gasteiger partial charge in [-0.3, -0.25) is 0 Å². The van der Waals surface area contributed by atoms with Crippen LogP contribution in [0.15, 0.2) is 34.8 Å². The summed E-state index contributed by atoms with van der Waals surface area (Å²) in [7, 11) is 0. The van der Waals surface area contributed by atoms with Gasteiger partial charge < -0.3 is 5.32 Å². The van der Waals surface area contributed by atoms with Gasteiger partial charge in [-0.15, -0.1) is 0 Å². The Bertz CT molecular complexity index is 529. The van der Waals surface area contributed by atoms with Crippen molar-refractivity contribution < 1.29 is 0 Å². The van der Waals surface area contributed by atoms with Gasteiger partial charge in [0.2, 0.25) is 0 Å². The number of nitrogens with one attached hydrogen (secondary N) is 1. The van der Waals surface area contributed by atoms with Gasteiger partial charge in [-0.25, -0.2) is 0 Å². The van der Waals surface area contributed by atoms with Gasteiger partial charge in [0.15, 0.2) is 0 Å². The van der Waals surface area contributed by atoms with E-state index in [2.05, 4.69) is 64.6 Å². The predicted octanol–water partition coefficient (Wildman–Crippen LogP) is 4.46. The van der Waals surface area contributed by atoms with E-state index in [4.69, 9.17) is 0 Å². The van der Waals surface area contributed by atoms with E-state index in [0.717, 1.165) is 22.3 Å². The third kappa shape index (κ3) is 3.90. The van der Waals surface area contributed by atoms with Gasteiger partial charge >= 0.3 is 0 Å². The SMILES string of the molecule is CC(C)(C)NCc1cc(-c2cccc(Br)c2)ns1. The summed E-state index contributed by atoms with van der Waals surface area (Å²) < 4.78 is 5.59. The van der Waals surface area contributed by atoms with Crippen LogP contribution in [-0.2, 0) is 6.54 Å². The highest BCUT2D eigenvalue weighted by atomic mass is 79.9. The second kappa shape index (κ2) is 5.51. The topological polar surface area (TPSA) is 24.9 Å².